The second-order valence-corrected chi connectivity index (χ2v) is 5.35. The zero-order valence-electron chi connectivity index (χ0n) is 10.1. The van der Waals surface area contributed by atoms with Crippen LogP contribution in [0, 0.1) is 0 Å². The van der Waals surface area contributed by atoms with Gasteiger partial charge < -0.3 is 10.1 Å². The van der Waals surface area contributed by atoms with E-state index in [1.54, 1.807) is 24.3 Å². The van der Waals surface area contributed by atoms with Crippen LogP contribution in [0.4, 0.5) is 5.69 Å². The van der Waals surface area contributed by atoms with E-state index in [0.29, 0.717) is 12.3 Å². The van der Waals surface area contributed by atoms with Crippen LogP contribution >= 0.6 is 0 Å². The molecular formula is C11H18N2O3S. The average Bonchev–Trinajstić information content (AvgIpc) is 2.25. The van der Waals surface area contributed by atoms with E-state index in [1.807, 2.05) is 6.92 Å². The van der Waals surface area contributed by atoms with Crippen LogP contribution in [0.25, 0.3) is 0 Å². The van der Waals surface area contributed by atoms with Gasteiger partial charge in [0.25, 0.3) is 0 Å². The van der Waals surface area contributed by atoms with Gasteiger partial charge in [0.2, 0.25) is 10.0 Å². The third-order valence-electron chi connectivity index (χ3n) is 1.96. The normalized spacial score (nSPS) is 11.2. The molecular weight excluding hydrogens is 240 g/mol. The summed E-state index contributed by atoms with van der Waals surface area (Å²) in [4.78, 5) is 0. The predicted octanol–water partition coefficient (Wildman–Crippen LogP) is 1.05. The first-order chi connectivity index (χ1) is 8.01. The highest BCUT2D eigenvalue weighted by atomic mass is 32.2. The fourth-order valence-corrected chi connectivity index (χ4v) is 1.82. The summed E-state index contributed by atoms with van der Waals surface area (Å²) in [6.07, 6.45) is 1.12. The number of hydrogen-bond donors (Lipinski definition) is 2. The molecule has 0 unspecified atom stereocenters. The largest absolute Gasteiger partial charge is 0.492 e. The Morgan fingerprint density at radius 3 is 2.41 bits per heavy atom. The van der Waals surface area contributed by atoms with Gasteiger partial charge in [0, 0.05) is 12.2 Å². The maximum Gasteiger partial charge on any atom is 0.229 e. The maximum atomic E-state index is 11.0. The minimum absolute atomic E-state index is 0.534. The summed E-state index contributed by atoms with van der Waals surface area (Å²) in [5.41, 5.74) is 0.534. The molecule has 0 fully saturated rings. The first-order valence-corrected chi connectivity index (χ1v) is 7.32. The molecule has 0 aliphatic rings. The van der Waals surface area contributed by atoms with Crippen molar-refractivity contribution in [2.75, 3.05) is 30.7 Å². The van der Waals surface area contributed by atoms with Gasteiger partial charge in [0.15, 0.2) is 0 Å². The summed E-state index contributed by atoms with van der Waals surface area (Å²) < 4.78 is 29.8. The van der Waals surface area contributed by atoms with Gasteiger partial charge in [-0.15, -0.1) is 0 Å². The van der Waals surface area contributed by atoms with E-state index in [1.165, 1.54) is 0 Å². The summed E-state index contributed by atoms with van der Waals surface area (Å²) in [6, 6.07) is 6.81. The molecule has 2 N–H and O–H groups in total. The molecule has 0 atom stereocenters. The lowest BCUT2D eigenvalue weighted by atomic mass is 10.3. The highest BCUT2D eigenvalue weighted by Gasteiger charge is 2.01. The van der Waals surface area contributed by atoms with E-state index >= 15 is 0 Å². The van der Waals surface area contributed by atoms with Gasteiger partial charge >= 0.3 is 0 Å². The zero-order chi connectivity index (χ0) is 12.7. The van der Waals surface area contributed by atoms with Crippen LogP contribution in [0.5, 0.6) is 5.75 Å². The highest BCUT2D eigenvalue weighted by molar-refractivity contribution is 7.92. The van der Waals surface area contributed by atoms with Crippen LogP contribution in [-0.4, -0.2) is 34.4 Å². The fraction of sp³-hybridized carbons (Fsp3) is 0.455. The maximum absolute atomic E-state index is 11.0. The van der Waals surface area contributed by atoms with E-state index < -0.39 is 10.0 Å². The SMILES string of the molecule is CCNCCOc1ccc(NS(C)(=O)=O)cc1. The molecule has 0 aliphatic carbocycles. The van der Waals surface area contributed by atoms with E-state index in [9.17, 15) is 8.42 Å². The molecule has 5 nitrogen and oxygen atoms in total. The Labute approximate surface area is 102 Å². The number of hydrogen-bond acceptors (Lipinski definition) is 4. The van der Waals surface area contributed by atoms with Gasteiger partial charge in [-0.1, -0.05) is 6.92 Å². The van der Waals surface area contributed by atoms with Crippen LogP contribution in [0.15, 0.2) is 24.3 Å². The average molecular weight is 258 g/mol. The number of benzene rings is 1. The highest BCUT2D eigenvalue weighted by Crippen LogP contribution is 2.16. The van der Waals surface area contributed by atoms with Crippen molar-refractivity contribution in [3.05, 3.63) is 24.3 Å². The van der Waals surface area contributed by atoms with Crippen molar-refractivity contribution in [3.8, 4) is 5.75 Å². The minimum atomic E-state index is -3.22. The molecule has 6 heteroatoms. The molecule has 0 radical (unpaired) electrons. The molecule has 1 aromatic rings. The lowest BCUT2D eigenvalue weighted by Gasteiger charge is -2.08. The van der Waals surface area contributed by atoms with Crippen molar-refractivity contribution in [3.63, 3.8) is 0 Å². The zero-order valence-corrected chi connectivity index (χ0v) is 10.9. The van der Waals surface area contributed by atoms with Gasteiger partial charge in [-0.05, 0) is 30.8 Å². The monoisotopic (exact) mass is 258 g/mol. The fourth-order valence-electron chi connectivity index (χ4n) is 1.25. The van der Waals surface area contributed by atoms with Crippen molar-refractivity contribution in [1.29, 1.82) is 0 Å². The molecule has 0 spiro atoms. The van der Waals surface area contributed by atoms with Crippen molar-refractivity contribution in [1.82, 2.24) is 5.32 Å². The number of nitrogens with one attached hydrogen (secondary N) is 2. The van der Waals surface area contributed by atoms with E-state index in [-0.39, 0.29) is 0 Å². The molecule has 96 valence electrons. The molecule has 17 heavy (non-hydrogen) atoms. The summed E-state index contributed by atoms with van der Waals surface area (Å²) in [6.45, 7) is 4.33. The Morgan fingerprint density at radius 2 is 1.88 bits per heavy atom. The molecule has 0 aromatic heterocycles. The Kier molecular flexibility index (Phi) is 5.24. The van der Waals surface area contributed by atoms with Crippen molar-refractivity contribution in [2.24, 2.45) is 0 Å². The minimum Gasteiger partial charge on any atom is -0.492 e. The summed E-state index contributed by atoms with van der Waals surface area (Å²) >= 11 is 0. The number of rotatable bonds is 7. The van der Waals surface area contributed by atoms with Crippen LogP contribution in [-0.2, 0) is 10.0 Å². The molecule has 0 amide bonds. The molecule has 1 aromatic carbocycles. The van der Waals surface area contributed by atoms with Crippen LogP contribution in [0.1, 0.15) is 6.92 Å². The van der Waals surface area contributed by atoms with E-state index in [4.69, 9.17) is 4.74 Å². The van der Waals surface area contributed by atoms with E-state index in [2.05, 4.69) is 10.0 Å². The third-order valence-corrected chi connectivity index (χ3v) is 2.56. The van der Waals surface area contributed by atoms with Gasteiger partial charge in [-0.25, -0.2) is 8.42 Å². The number of sulfonamides is 1. The van der Waals surface area contributed by atoms with Crippen LogP contribution in [0.3, 0.4) is 0 Å². The van der Waals surface area contributed by atoms with Gasteiger partial charge in [0.1, 0.15) is 12.4 Å². The summed E-state index contributed by atoms with van der Waals surface area (Å²) in [7, 11) is -3.22. The lowest BCUT2D eigenvalue weighted by Crippen LogP contribution is -2.20. The lowest BCUT2D eigenvalue weighted by molar-refractivity contribution is 0.315. The number of ether oxygens (including phenoxy) is 1. The topological polar surface area (TPSA) is 67.4 Å². The Balaban J connectivity index is 2.45. The van der Waals surface area contributed by atoms with Gasteiger partial charge in [-0.2, -0.15) is 0 Å². The van der Waals surface area contributed by atoms with Crippen molar-refractivity contribution < 1.29 is 13.2 Å². The number of likely N-dealkylation sites (N-methyl/N-ethyl adjacent to an activating group) is 1. The van der Waals surface area contributed by atoms with Crippen molar-refractivity contribution in [2.45, 2.75) is 6.92 Å². The summed E-state index contributed by atoms with van der Waals surface area (Å²) in [5.74, 6) is 0.724. The quantitative estimate of drug-likeness (QED) is 0.717. The molecule has 0 saturated carbocycles. The molecule has 0 aliphatic heterocycles. The smallest absolute Gasteiger partial charge is 0.229 e. The predicted molar refractivity (Wildman–Crippen MR) is 68.9 cm³/mol. The van der Waals surface area contributed by atoms with Crippen LogP contribution in [0.2, 0.25) is 0 Å². The second kappa shape index (κ2) is 6.46. The first-order valence-electron chi connectivity index (χ1n) is 5.42. The van der Waals surface area contributed by atoms with Gasteiger partial charge in [0.05, 0.1) is 6.26 Å². The first kappa shape index (κ1) is 13.8. The molecule has 1 rings (SSSR count). The van der Waals surface area contributed by atoms with Gasteiger partial charge in [-0.3, -0.25) is 4.72 Å². The molecule has 0 bridgehead atoms. The standard InChI is InChI=1S/C11H18N2O3S/c1-3-12-8-9-16-11-6-4-10(5-7-11)13-17(2,14)15/h4-7,12-13H,3,8-9H2,1-2H3. The van der Waals surface area contributed by atoms with Crippen molar-refractivity contribution >= 4 is 15.7 Å². The number of anilines is 1. The van der Waals surface area contributed by atoms with Crippen LogP contribution < -0.4 is 14.8 Å². The molecule has 0 heterocycles. The molecule has 0 saturated heterocycles. The van der Waals surface area contributed by atoms with E-state index in [0.717, 1.165) is 25.1 Å². The Hall–Kier alpha value is -1.27. The summed E-state index contributed by atoms with van der Waals surface area (Å²) in [5, 5.41) is 3.14. The Bertz CT molecular complexity index is 429. The second-order valence-electron chi connectivity index (χ2n) is 3.60. The Morgan fingerprint density at radius 1 is 1.24 bits per heavy atom. The third kappa shape index (κ3) is 6.13.